The summed E-state index contributed by atoms with van der Waals surface area (Å²) in [5, 5.41) is 6.92. The number of nitrogens with two attached hydrogens (primary N) is 1. The van der Waals surface area contributed by atoms with Crippen LogP contribution in [0.25, 0.3) is 0 Å². The highest BCUT2D eigenvalue weighted by molar-refractivity contribution is 5.92. The first-order valence-corrected chi connectivity index (χ1v) is 6.20. The van der Waals surface area contributed by atoms with E-state index < -0.39 is 0 Å². The molecule has 0 aromatic carbocycles. The molecular weight excluding hydrogens is 216 g/mol. The van der Waals surface area contributed by atoms with Gasteiger partial charge in [-0.25, -0.2) is 0 Å². The van der Waals surface area contributed by atoms with Crippen molar-refractivity contribution in [1.82, 2.24) is 15.1 Å². The van der Waals surface area contributed by atoms with Crippen LogP contribution in [0.2, 0.25) is 0 Å². The predicted octanol–water partition coefficient (Wildman–Crippen LogP) is 0.667. The van der Waals surface area contributed by atoms with Crippen LogP contribution in [0, 0.1) is 5.92 Å². The quantitative estimate of drug-likeness (QED) is 0.810. The van der Waals surface area contributed by atoms with Gasteiger partial charge in [-0.3, -0.25) is 9.48 Å². The van der Waals surface area contributed by atoms with Crippen molar-refractivity contribution in [3.63, 3.8) is 0 Å². The minimum Gasteiger partial charge on any atom is -0.350 e. The first kappa shape index (κ1) is 12.1. The Kier molecular flexibility index (Phi) is 3.78. The molecular formula is C12H20N4O. The van der Waals surface area contributed by atoms with E-state index in [0.717, 1.165) is 12.8 Å². The molecule has 1 aliphatic rings. The maximum absolute atomic E-state index is 11.9. The average Bonchev–Trinajstić information content (AvgIpc) is 2.74. The largest absolute Gasteiger partial charge is 0.350 e. The SMILES string of the molecule is Cn1nccc1C(=O)NCC1CCCCC1N. The van der Waals surface area contributed by atoms with Gasteiger partial charge in [0.2, 0.25) is 0 Å². The molecule has 0 bridgehead atoms. The van der Waals surface area contributed by atoms with Gasteiger partial charge in [0.05, 0.1) is 0 Å². The molecule has 0 saturated heterocycles. The van der Waals surface area contributed by atoms with Gasteiger partial charge >= 0.3 is 0 Å². The summed E-state index contributed by atoms with van der Waals surface area (Å²) >= 11 is 0. The van der Waals surface area contributed by atoms with E-state index in [-0.39, 0.29) is 11.9 Å². The normalized spacial score (nSPS) is 24.6. The van der Waals surface area contributed by atoms with E-state index in [0.29, 0.717) is 18.2 Å². The van der Waals surface area contributed by atoms with Gasteiger partial charge in [0.15, 0.2) is 0 Å². The second kappa shape index (κ2) is 5.31. The molecule has 2 unspecified atom stereocenters. The second-order valence-electron chi connectivity index (χ2n) is 4.76. The van der Waals surface area contributed by atoms with Gasteiger partial charge in [0.1, 0.15) is 5.69 Å². The molecule has 17 heavy (non-hydrogen) atoms. The average molecular weight is 236 g/mol. The van der Waals surface area contributed by atoms with Gasteiger partial charge in [0, 0.05) is 25.8 Å². The summed E-state index contributed by atoms with van der Waals surface area (Å²) in [4.78, 5) is 11.9. The van der Waals surface area contributed by atoms with Gasteiger partial charge in [-0.2, -0.15) is 5.10 Å². The molecule has 1 amide bonds. The number of nitrogens with zero attached hydrogens (tertiary/aromatic N) is 2. The zero-order chi connectivity index (χ0) is 12.3. The van der Waals surface area contributed by atoms with Crippen LogP contribution in [-0.2, 0) is 7.05 Å². The molecule has 1 heterocycles. The van der Waals surface area contributed by atoms with Crippen LogP contribution in [0.15, 0.2) is 12.3 Å². The molecule has 3 N–H and O–H groups in total. The number of aromatic nitrogens is 2. The van der Waals surface area contributed by atoms with Crippen molar-refractivity contribution < 1.29 is 4.79 Å². The number of nitrogens with one attached hydrogen (secondary N) is 1. The van der Waals surface area contributed by atoms with Crippen molar-refractivity contribution in [2.75, 3.05) is 6.54 Å². The van der Waals surface area contributed by atoms with Crippen LogP contribution < -0.4 is 11.1 Å². The van der Waals surface area contributed by atoms with Crippen molar-refractivity contribution in [2.24, 2.45) is 18.7 Å². The summed E-state index contributed by atoms with van der Waals surface area (Å²) in [6.07, 6.45) is 6.26. The third-order valence-corrected chi connectivity index (χ3v) is 3.55. The first-order chi connectivity index (χ1) is 8.18. The highest BCUT2D eigenvalue weighted by atomic mass is 16.2. The Bertz CT molecular complexity index is 388. The highest BCUT2D eigenvalue weighted by Gasteiger charge is 2.22. The summed E-state index contributed by atoms with van der Waals surface area (Å²) in [6.45, 7) is 0.672. The van der Waals surface area contributed by atoms with Crippen LogP contribution in [0.5, 0.6) is 0 Å². The lowest BCUT2D eigenvalue weighted by Crippen LogP contribution is -2.41. The zero-order valence-electron chi connectivity index (χ0n) is 10.2. The van der Waals surface area contributed by atoms with Crippen LogP contribution >= 0.6 is 0 Å². The summed E-state index contributed by atoms with van der Waals surface area (Å²) in [5.74, 6) is 0.351. The molecule has 1 aliphatic carbocycles. The number of hydrogen-bond acceptors (Lipinski definition) is 3. The molecule has 94 valence electrons. The van der Waals surface area contributed by atoms with Crippen LogP contribution in [0.1, 0.15) is 36.2 Å². The van der Waals surface area contributed by atoms with E-state index in [2.05, 4.69) is 10.4 Å². The minimum absolute atomic E-state index is 0.0669. The Balaban J connectivity index is 1.86. The van der Waals surface area contributed by atoms with Gasteiger partial charge in [-0.1, -0.05) is 12.8 Å². The van der Waals surface area contributed by atoms with E-state index >= 15 is 0 Å². The lowest BCUT2D eigenvalue weighted by Gasteiger charge is -2.28. The van der Waals surface area contributed by atoms with Crippen molar-refractivity contribution in [1.29, 1.82) is 0 Å². The van der Waals surface area contributed by atoms with Gasteiger partial charge in [0.25, 0.3) is 5.91 Å². The topological polar surface area (TPSA) is 72.9 Å². The van der Waals surface area contributed by atoms with Crippen molar-refractivity contribution in [2.45, 2.75) is 31.7 Å². The van der Waals surface area contributed by atoms with Crippen molar-refractivity contribution >= 4 is 5.91 Å². The second-order valence-corrected chi connectivity index (χ2v) is 4.76. The van der Waals surface area contributed by atoms with Crippen LogP contribution in [0.3, 0.4) is 0 Å². The summed E-state index contributed by atoms with van der Waals surface area (Å²) < 4.78 is 1.58. The maximum atomic E-state index is 11.9. The molecule has 0 spiro atoms. The number of hydrogen-bond donors (Lipinski definition) is 2. The minimum atomic E-state index is -0.0669. The molecule has 1 aromatic rings. The van der Waals surface area contributed by atoms with Crippen molar-refractivity contribution in [3.05, 3.63) is 18.0 Å². The lowest BCUT2D eigenvalue weighted by atomic mass is 9.85. The number of carbonyl (C=O) groups is 1. The Morgan fingerprint density at radius 2 is 2.35 bits per heavy atom. The van der Waals surface area contributed by atoms with Gasteiger partial charge < -0.3 is 11.1 Å². The molecule has 2 atom stereocenters. The predicted molar refractivity (Wildman–Crippen MR) is 65.5 cm³/mol. The Labute approximate surface area is 101 Å². The standard InChI is InChI=1S/C12H20N4O/c1-16-11(6-7-15-16)12(17)14-8-9-4-2-3-5-10(9)13/h6-7,9-10H,2-5,8,13H2,1H3,(H,14,17). The Morgan fingerprint density at radius 3 is 3.00 bits per heavy atom. The summed E-state index contributed by atoms with van der Waals surface area (Å²) in [7, 11) is 1.77. The van der Waals surface area contributed by atoms with E-state index in [1.54, 1.807) is 24.0 Å². The maximum Gasteiger partial charge on any atom is 0.269 e. The fraction of sp³-hybridized carbons (Fsp3) is 0.667. The number of aryl methyl sites for hydroxylation is 1. The Hall–Kier alpha value is -1.36. The molecule has 5 heteroatoms. The monoisotopic (exact) mass is 236 g/mol. The number of amides is 1. The fourth-order valence-corrected chi connectivity index (χ4v) is 2.40. The molecule has 1 aromatic heterocycles. The molecule has 1 fully saturated rings. The van der Waals surface area contributed by atoms with Crippen LogP contribution in [0.4, 0.5) is 0 Å². The Morgan fingerprint density at radius 1 is 1.59 bits per heavy atom. The number of carbonyl (C=O) groups excluding carboxylic acids is 1. The van der Waals surface area contributed by atoms with E-state index in [1.807, 2.05) is 0 Å². The van der Waals surface area contributed by atoms with E-state index in [1.165, 1.54) is 12.8 Å². The van der Waals surface area contributed by atoms with Crippen LogP contribution in [-0.4, -0.2) is 28.3 Å². The van der Waals surface area contributed by atoms with Crippen molar-refractivity contribution in [3.8, 4) is 0 Å². The molecule has 0 radical (unpaired) electrons. The number of rotatable bonds is 3. The summed E-state index contributed by atoms with van der Waals surface area (Å²) in [5.41, 5.74) is 6.64. The van der Waals surface area contributed by atoms with E-state index in [4.69, 9.17) is 5.73 Å². The third kappa shape index (κ3) is 2.85. The van der Waals surface area contributed by atoms with E-state index in [9.17, 15) is 4.79 Å². The third-order valence-electron chi connectivity index (χ3n) is 3.55. The molecule has 0 aliphatic heterocycles. The first-order valence-electron chi connectivity index (χ1n) is 6.20. The molecule has 5 nitrogen and oxygen atoms in total. The highest BCUT2D eigenvalue weighted by Crippen LogP contribution is 2.22. The molecule has 1 saturated carbocycles. The smallest absolute Gasteiger partial charge is 0.269 e. The molecule has 2 rings (SSSR count). The zero-order valence-corrected chi connectivity index (χ0v) is 10.2. The van der Waals surface area contributed by atoms with Gasteiger partial charge in [-0.05, 0) is 24.8 Å². The van der Waals surface area contributed by atoms with Gasteiger partial charge in [-0.15, -0.1) is 0 Å². The fourth-order valence-electron chi connectivity index (χ4n) is 2.40. The lowest BCUT2D eigenvalue weighted by molar-refractivity contribution is 0.0932. The summed E-state index contributed by atoms with van der Waals surface area (Å²) in [6, 6.07) is 1.95.